The summed E-state index contributed by atoms with van der Waals surface area (Å²) in [7, 11) is 3.41. The Morgan fingerprint density at radius 1 is 1.14 bits per heavy atom. The van der Waals surface area contributed by atoms with Gasteiger partial charge >= 0.3 is 0 Å². The van der Waals surface area contributed by atoms with Crippen LogP contribution < -0.4 is 5.32 Å². The number of thioether (sulfide) groups is 1. The molecule has 0 aliphatic heterocycles. The van der Waals surface area contributed by atoms with Crippen molar-refractivity contribution in [2.24, 2.45) is 0 Å². The highest BCUT2D eigenvalue weighted by molar-refractivity contribution is 8.00. The van der Waals surface area contributed by atoms with Crippen molar-refractivity contribution in [3.63, 3.8) is 0 Å². The van der Waals surface area contributed by atoms with Gasteiger partial charge in [0.15, 0.2) is 5.82 Å². The number of aromatic nitrogens is 1. The molecule has 0 saturated heterocycles. The van der Waals surface area contributed by atoms with Crippen LogP contribution in [0.4, 0.5) is 5.82 Å². The number of nitrogens with zero attached hydrogens (tertiary/aromatic N) is 3. The molecule has 29 heavy (non-hydrogen) atoms. The van der Waals surface area contributed by atoms with E-state index in [4.69, 9.17) is 4.52 Å². The molecule has 8 nitrogen and oxygen atoms in total. The first-order chi connectivity index (χ1) is 13.8. The highest BCUT2D eigenvalue weighted by Crippen LogP contribution is 2.12. The molecule has 1 heterocycles. The maximum Gasteiger partial charge on any atom is 0.253 e. The molecule has 1 aromatic heterocycles. The van der Waals surface area contributed by atoms with Crippen LogP contribution in [0.1, 0.15) is 28.6 Å². The molecule has 3 amide bonds. The Morgan fingerprint density at radius 2 is 1.83 bits per heavy atom. The average molecular weight is 419 g/mol. The van der Waals surface area contributed by atoms with Gasteiger partial charge in [0.05, 0.1) is 11.5 Å². The summed E-state index contributed by atoms with van der Waals surface area (Å²) in [6.07, 6.45) is 0. The first kappa shape index (κ1) is 22.5. The maximum atomic E-state index is 12.5. The molecule has 0 saturated carbocycles. The third-order valence-electron chi connectivity index (χ3n) is 4.07. The lowest BCUT2D eigenvalue weighted by Crippen LogP contribution is -2.32. The van der Waals surface area contributed by atoms with E-state index in [1.165, 1.54) is 16.7 Å². The van der Waals surface area contributed by atoms with Gasteiger partial charge in [-0.2, -0.15) is 0 Å². The molecule has 0 spiro atoms. The molecule has 0 aliphatic carbocycles. The second kappa shape index (κ2) is 10.7. The minimum atomic E-state index is -0.236. The molecule has 9 heteroatoms. The largest absolute Gasteiger partial charge is 0.360 e. The Morgan fingerprint density at radius 3 is 2.38 bits per heavy atom. The molecular formula is C20H26N4O4S. The number of anilines is 1. The van der Waals surface area contributed by atoms with Gasteiger partial charge < -0.3 is 19.6 Å². The number of benzene rings is 1. The van der Waals surface area contributed by atoms with E-state index in [9.17, 15) is 14.4 Å². The lowest BCUT2D eigenvalue weighted by Gasteiger charge is -2.21. The fourth-order valence-electron chi connectivity index (χ4n) is 2.53. The van der Waals surface area contributed by atoms with Crippen LogP contribution in [-0.2, 0) is 16.1 Å². The Hall–Kier alpha value is -2.81. The zero-order valence-electron chi connectivity index (χ0n) is 17.1. The zero-order valence-corrected chi connectivity index (χ0v) is 17.9. The summed E-state index contributed by atoms with van der Waals surface area (Å²) in [5.41, 5.74) is 1.55. The molecule has 0 fully saturated rings. The predicted octanol–water partition coefficient (Wildman–Crippen LogP) is 2.41. The van der Waals surface area contributed by atoms with Crippen molar-refractivity contribution in [3.8, 4) is 0 Å². The van der Waals surface area contributed by atoms with Crippen molar-refractivity contribution in [1.29, 1.82) is 0 Å². The number of nitrogens with one attached hydrogen (secondary N) is 1. The highest BCUT2D eigenvalue weighted by atomic mass is 32.2. The molecule has 0 unspecified atom stereocenters. The van der Waals surface area contributed by atoms with E-state index in [0.29, 0.717) is 30.2 Å². The van der Waals surface area contributed by atoms with Gasteiger partial charge in [0.1, 0.15) is 5.76 Å². The van der Waals surface area contributed by atoms with Crippen LogP contribution in [-0.4, -0.2) is 64.8 Å². The molecule has 1 N–H and O–H groups in total. The molecule has 0 aliphatic rings. The molecular weight excluding hydrogens is 392 g/mol. The van der Waals surface area contributed by atoms with E-state index in [1.807, 2.05) is 19.1 Å². The number of carbonyl (C=O) groups is 3. The van der Waals surface area contributed by atoms with E-state index in [-0.39, 0.29) is 29.2 Å². The summed E-state index contributed by atoms with van der Waals surface area (Å²) in [5, 5.41) is 6.32. The second-order valence-electron chi connectivity index (χ2n) is 6.67. The van der Waals surface area contributed by atoms with Crippen LogP contribution in [0.5, 0.6) is 0 Å². The quantitative estimate of drug-likeness (QED) is 0.672. The van der Waals surface area contributed by atoms with Crippen molar-refractivity contribution in [1.82, 2.24) is 15.0 Å². The molecule has 0 bridgehead atoms. The normalized spacial score (nSPS) is 10.5. The van der Waals surface area contributed by atoms with Crippen LogP contribution >= 0.6 is 11.8 Å². The summed E-state index contributed by atoms with van der Waals surface area (Å²) in [6.45, 7) is 4.66. The third kappa shape index (κ3) is 6.94. The van der Waals surface area contributed by atoms with Gasteiger partial charge in [0.2, 0.25) is 11.8 Å². The summed E-state index contributed by atoms with van der Waals surface area (Å²) in [6, 6.07) is 8.87. The Labute approximate surface area is 174 Å². The molecule has 0 radical (unpaired) electrons. The fourth-order valence-corrected chi connectivity index (χ4v) is 3.25. The first-order valence-electron chi connectivity index (χ1n) is 9.19. The standard InChI is InChI=1S/C20H26N4O4S/c1-5-24(11-15-6-8-16(9-7-15)20(27)23(3)4)19(26)13-29-12-18(25)21-17-10-14(2)28-22-17/h6-10H,5,11-13H2,1-4H3,(H,21,22,25). The molecule has 156 valence electrons. The van der Waals surface area contributed by atoms with Gasteiger partial charge in [-0.05, 0) is 31.5 Å². The van der Waals surface area contributed by atoms with Gasteiger partial charge in [-0.3, -0.25) is 14.4 Å². The van der Waals surface area contributed by atoms with Crippen molar-refractivity contribution in [2.75, 3.05) is 37.5 Å². The second-order valence-corrected chi connectivity index (χ2v) is 7.65. The lowest BCUT2D eigenvalue weighted by molar-refractivity contribution is -0.128. The monoisotopic (exact) mass is 418 g/mol. The van der Waals surface area contributed by atoms with Crippen LogP contribution in [0.2, 0.25) is 0 Å². The highest BCUT2D eigenvalue weighted by Gasteiger charge is 2.15. The van der Waals surface area contributed by atoms with E-state index < -0.39 is 0 Å². The van der Waals surface area contributed by atoms with Crippen molar-refractivity contribution >= 4 is 35.3 Å². The molecule has 2 rings (SSSR count). The fraction of sp³-hybridized carbons (Fsp3) is 0.400. The predicted molar refractivity (Wildman–Crippen MR) is 113 cm³/mol. The number of amides is 3. The first-order valence-corrected chi connectivity index (χ1v) is 10.3. The average Bonchev–Trinajstić information content (AvgIpc) is 3.10. The van der Waals surface area contributed by atoms with Gasteiger partial charge in [-0.15, -0.1) is 11.8 Å². The van der Waals surface area contributed by atoms with Crippen molar-refractivity contribution < 1.29 is 18.9 Å². The summed E-state index contributed by atoms with van der Waals surface area (Å²) in [4.78, 5) is 39.6. The Bertz CT molecular complexity index is 848. The van der Waals surface area contributed by atoms with Crippen LogP contribution in [0.15, 0.2) is 34.9 Å². The van der Waals surface area contributed by atoms with E-state index in [0.717, 1.165) is 5.56 Å². The van der Waals surface area contributed by atoms with Gasteiger partial charge in [-0.25, -0.2) is 0 Å². The molecule has 0 atom stereocenters. The number of carbonyl (C=O) groups excluding carboxylic acids is 3. The van der Waals surface area contributed by atoms with Gasteiger partial charge in [0.25, 0.3) is 5.91 Å². The number of hydrogen-bond donors (Lipinski definition) is 1. The van der Waals surface area contributed by atoms with Crippen LogP contribution in [0.3, 0.4) is 0 Å². The van der Waals surface area contributed by atoms with Crippen molar-refractivity contribution in [3.05, 3.63) is 47.2 Å². The van der Waals surface area contributed by atoms with Crippen molar-refractivity contribution in [2.45, 2.75) is 20.4 Å². The zero-order chi connectivity index (χ0) is 21.4. The molecule has 2 aromatic rings. The lowest BCUT2D eigenvalue weighted by atomic mass is 10.1. The van der Waals surface area contributed by atoms with Gasteiger partial charge in [-0.1, -0.05) is 17.3 Å². The van der Waals surface area contributed by atoms with Crippen LogP contribution in [0.25, 0.3) is 0 Å². The van der Waals surface area contributed by atoms with E-state index >= 15 is 0 Å². The minimum absolute atomic E-state index is 0.0453. The van der Waals surface area contributed by atoms with Gasteiger partial charge in [0, 0.05) is 38.8 Å². The Kier molecular flexibility index (Phi) is 8.26. The van der Waals surface area contributed by atoms with Crippen LogP contribution in [0, 0.1) is 6.92 Å². The summed E-state index contributed by atoms with van der Waals surface area (Å²) >= 11 is 1.25. The van der Waals surface area contributed by atoms with E-state index in [1.54, 1.807) is 44.1 Å². The number of rotatable bonds is 9. The SMILES string of the molecule is CCN(Cc1ccc(C(=O)N(C)C)cc1)C(=O)CSCC(=O)Nc1cc(C)on1. The summed E-state index contributed by atoms with van der Waals surface area (Å²) in [5.74, 6) is 0.991. The number of hydrogen-bond acceptors (Lipinski definition) is 6. The smallest absolute Gasteiger partial charge is 0.253 e. The van der Waals surface area contributed by atoms with E-state index in [2.05, 4.69) is 10.5 Å². The maximum absolute atomic E-state index is 12.5. The third-order valence-corrected chi connectivity index (χ3v) is 4.99. The minimum Gasteiger partial charge on any atom is -0.360 e. The summed E-state index contributed by atoms with van der Waals surface area (Å²) < 4.78 is 4.89. The Balaban J connectivity index is 1.80. The topological polar surface area (TPSA) is 95.8 Å². The number of aryl methyl sites for hydroxylation is 1. The molecule has 1 aromatic carbocycles.